The summed E-state index contributed by atoms with van der Waals surface area (Å²) in [4.78, 5) is 4.13. The Balaban J connectivity index is 2.14. The van der Waals surface area contributed by atoms with Gasteiger partial charge in [-0.1, -0.05) is 6.07 Å². The molecule has 1 heterocycles. The summed E-state index contributed by atoms with van der Waals surface area (Å²) in [7, 11) is 3.19. The smallest absolute Gasteiger partial charge is 0.219 e. The standard InChI is InChI=1S/C15H16ClNO3/c1-18-14-8-11(9-16)5-6-13(14)20-10-12-4-3-7-17-15(12)19-2/h3-8H,9-10H2,1-2H3. The van der Waals surface area contributed by atoms with Gasteiger partial charge in [-0.05, 0) is 29.8 Å². The Hall–Kier alpha value is -1.94. The molecule has 2 aromatic rings. The van der Waals surface area contributed by atoms with Crippen molar-refractivity contribution < 1.29 is 14.2 Å². The summed E-state index contributed by atoms with van der Waals surface area (Å²) in [6.07, 6.45) is 1.68. The maximum Gasteiger partial charge on any atom is 0.219 e. The van der Waals surface area contributed by atoms with Crippen LogP contribution in [0.2, 0.25) is 0 Å². The zero-order valence-corrected chi connectivity index (χ0v) is 12.2. The molecule has 20 heavy (non-hydrogen) atoms. The van der Waals surface area contributed by atoms with Crippen LogP contribution in [-0.4, -0.2) is 19.2 Å². The Labute approximate surface area is 123 Å². The predicted octanol–water partition coefficient (Wildman–Crippen LogP) is 3.42. The molecule has 106 valence electrons. The van der Waals surface area contributed by atoms with Crippen molar-refractivity contribution in [3.63, 3.8) is 0 Å². The third-order valence-corrected chi connectivity index (χ3v) is 3.12. The predicted molar refractivity (Wildman–Crippen MR) is 77.7 cm³/mol. The topological polar surface area (TPSA) is 40.6 Å². The van der Waals surface area contributed by atoms with Crippen molar-refractivity contribution in [3.05, 3.63) is 47.7 Å². The lowest BCUT2D eigenvalue weighted by atomic mass is 10.2. The summed E-state index contributed by atoms with van der Waals surface area (Å²) in [6.45, 7) is 0.355. The van der Waals surface area contributed by atoms with E-state index in [2.05, 4.69) is 4.98 Å². The Kier molecular flexibility index (Phi) is 5.07. The Morgan fingerprint density at radius 3 is 2.65 bits per heavy atom. The zero-order chi connectivity index (χ0) is 14.4. The van der Waals surface area contributed by atoms with E-state index < -0.39 is 0 Å². The summed E-state index contributed by atoms with van der Waals surface area (Å²) < 4.78 is 16.3. The van der Waals surface area contributed by atoms with Crippen LogP contribution in [0.25, 0.3) is 0 Å². The second-order valence-electron chi connectivity index (χ2n) is 4.08. The van der Waals surface area contributed by atoms with Gasteiger partial charge in [-0.2, -0.15) is 0 Å². The van der Waals surface area contributed by atoms with Crippen molar-refractivity contribution in [2.45, 2.75) is 12.5 Å². The van der Waals surface area contributed by atoms with Crippen LogP contribution >= 0.6 is 11.6 Å². The van der Waals surface area contributed by atoms with Gasteiger partial charge >= 0.3 is 0 Å². The third kappa shape index (κ3) is 3.33. The van der Waals surface area contributed by atoms with Gasteiger partial charge in [-0.15, -0.1) is 11.6 Å². The summed E-state index contributed by atoms with van der Waals surface area (Å²) in [6, 6.07) is 9.37. The molecule has 0 radical (unpaired) electrons. The van der Waals surface area contributed by atoms with Crippen molar-refractivity contribution in [3.8, 4) is 17.4 Å². The molecular formula is C15H16ClNO3. The third-order valence-electron chi connectivity index (χ3n) is 2.81. The van der Waals surface area contributed by atoms with Crippen molar-refractivity contribution in [1.82, 2.24) is 4.98 Å². The minimum absolute atomic E-state index is 0.355. The second-order valence-corrected chi connectivity index (χ2v) is 4.35. The fraction of sp³-hybridized carbons (Fsp3) is 0.267. The molecule has 4 nitrogen and oxygen atoms in total. The molecule has 0 aliphatic carbocycles. The highest BCUT2D eigenvalue weighted by Gasteiger charge is 2.08. The van der Waals surface area contributed by atoms with Crippen LogP contribution in [0.3, 0.4) is 0 Å². The molecule has 0 unspecified atom stereocenters. The molecule has 0 spiro atoms. The van der Waals surface area contributed by atoms with Crippen molar-refractivity contribution in [1.29, 1.82) is 0 Å². The maximum atomic E-state index is 5.80. The van der Waals surface area contributed by atoms with E-state index in [9.17, 15) is 0 Å². The molecule has 0 aliphatic rings. The molecule has 0 N–H and O–H groups in total. The van der Waals surface area contributed by atoms with Crippen LogP contribution in [0.15, 0.2) is 36.5 Å². The summed E-state index contributed by atoms with van der Waals surface area (Å²) in [5.74, 6) is 2.31. The zero-order valence-electron chi connectivity index (χ0n) is 11.4. The first-order chi connectivity index (χ1) is 9.78. The first kappa shape index (κ1) is 14.5. The maximum absolute atomic E-state index is 5.80. The van der Waals surface area contributed by atoms with Gasteiger partial charge in [-0.3, -0.25) is 0 Å². The number of hydrogen-bond acceptors (Lipinski definition) is 4. The number of nitrogens with zero attached hydrogens (tertiary/aromatic N) is 1. The highest BCUT2D eigenvalue weighted by Crippen LogP contribution is 2.30. The van der Waals surface area contributed by atoms with E-state index in [1.807, 2.05) is 30.3 Å². The van der Waals surface area contributed by atoms with Crippen LogP contribution in [0.5, 0.6) is 17.4 Å². The number of methoxy groups -OCH3 is 2. The average Bonchev–Trinajstić information content (AvgIpc) is 2.52. The number of ether oxygens (including phenoxy) is 3. The molecule has 2 rings (SSSR count). The van der Waals surface area contributed by atoms with Gasteiger partial charge in [0.15, 0.2) is 11.5 Å². The molecule has 5 heteroatoms. The van der Waals surface area contributed by atoms with E-state index in [1.165, 1.54) is 0 Å². The van der Waals surface area contributed by atoms with Crippen LogP contribution in [-0.2, 0) is 12.5 Å². The van der Waals surface area contributed by atoms with E-state index in [-0.39, 0.29) is 0 Å². The number of rotatable bonds is 6. The lowest BCUT2D eigenvalue weighted by molar-refractivity contribution is 0.276. The number of benzene rings is 1. The van der Waals surface area contributed by atoms with Gasteiger partial charge in [0.05, 0.1) is 19.8 Å². The minimum atomic E-state index is 0.355. The molecule has 0 aliphatic heterocycles. The van der Waals surface area contributed by atoms with Crippen molar-refractivity contribution in [2.75, 3.05) is 14.2 Å². The molecule has 0 fully saturated rings. The number of hydrogen-bond donors (Lipinski definition) is 0. The molecule has 0 saturated heterocycles. The Morgan fingerprint density at radius 2 is 1.95 bits per heavy atom. The summed E-state index contributed by atoms with van der Waals surface area (Å²) in [5, 5.41) is 0. The van der Waals surface area contributed by atoms with Gasteiger partial charge in [-0.25, -0.2) is 4.98 Å². The van der Waals surface area contributed by atoms with E-state index >= 15 is 0 Å². The minimum Gasteiger partial charge on any atom is -0.493 e. The highest BCUT2D eigenvalue weighted by molar-refractivity contribution is 6.17. The SMILES string of the molecule is COc1cc(CCl)ccc1OCc1cccnc1OC. The summed E-state index contributed by atoms with van der Waals surface area (Å²) in [5.41, 5.74) is 1.85. The van der Waals surface area contributed by atoms with Crippen LogP contribution in [0, 0.1) is 0 Å². The molecule has 0 atom stereocenters. The molecular weight excluding hydrogens is 278 g/mol. The van der Waals surface area contributed by atoms with E-state index in [0.29, 0.717) is 29.9 Å². The lowest BCUT2D eigenvalue weighted by Gasteiger charge is -2.12. The largest absolute Gasteiger partial charge is 0.493 e. The normalized spacial score (nSPS) is 10.2. The van der Waals surface area contributed by atoms with Crippen LogP contribution < -0.4 is 14.2 Å². The van der Waals surface area contributed by atoms with Gasteiger partial charge in [0.1, 0.15) is 6.61 Å². The van der Waals surface area contributed by atoms with Crippen LogP contribution in [0.4, 0.5) is 0 Å². The van der Waals surface area contributed by atoms with Crippen molar-refractivity contribution >= 4 is 11.6 Å². The van der Waals surface area contributed by atoms with Gasteiger partial charge < -0.3 is 14.2 Å². The first-order valence-corrected chi connectivity index (χ1v) is 6.65. The molecule has 1 aromatic carbocycles. The van der Waals surface area contributed by atoms with E-state index in [4.69, 9.17) is 25.8 Å². The molecule has 1 aromatic heterocycles. The quantitative estimate of drug-likeness (QED) is 0.765. The molecule has 0 bridgehead atoms. The molecule has 0 amide bonds. The second kappa shape index (κ2) is 7.01. The van der Waals surface area contributed by atoms with Crippen molar-refractivity contribution in [2.24, 2.45) is 0 Å². The fourth-order valence-electron chi connectivity index (χ4n) is 1.79. The monoisotopic (exact) mass is 293 g/mol. The first-order valence-electron chi connectivity index (χ1n) is 6.12. The highest BCUT2D eigenvalue weighted by atomic mass is 35.5. The van der Waals surface area contributed by atoms with Gasteiger partial charge in [0.2, 0.25) is 5.88 Å². The van der Waals surface area contributed by atoms with E-state index in [0.717, 1.165) is 11.1 Å². The van der Waals surface area contributed by atoms with Gasteiger partial charge in [0, 0.05) is 12.1 Å². The number of aromatic nitrogens is 1. The van der Waals surface area contributed by atoms with Crippen LogP contribution in [0.1, 0.15) is 11.1 Å². The molecule has 0 saturated carbocycles. The lowest BCUT2D eigenvalue weighted by Crippen LogP contribution is -2.01. The summed E-state index contributed by atoms with van der Waals surface area (Å²) >= 11 is 5.80. The Morgan fingerprint density at radius 1 is 1.10 bits per heavy atom. The average molecular weight is 294 g/mol. The Bertz CT molecular complexity index is 575. The number of halogens is 1. The number of alkyl halides is 1. The van der Waals surface area contributed by atoms with Gasteiger partial charge in [0.25, 0.3) is 0 Å². The fourth-order valence-corrected chi connectivity index (χ4v) is 1.95. The number of pyridine rings is 1. The van der Waals surface area contributed by atoms with E-state index in [1.54, 1.807) is 20.4 Å².